The first-order chi connectivity index (χ1) is 17.8. The van der Waals surface area contributed by atoms with Gasteiger partial charge in [-0.2, -0.15) is 0 Å². The molecule has 37 heavy (non-hydrogen) atoms. The average Bonchev–Trinajstić information content (AvgIpc) is 3.47. The number of hydrogen-bond acceptors (Lipinski definition) is 9. The molecule has 5 aromatic rings. The largest absolute Gasteiger partial charge is 0.478 e. The van der Waals surface area contributed by atoms with Crippen LogP contribution in [-0.4, -0.2) is 47.6 Å². The topological polar surface area (TPSA) is 112 Å². The monoisotopic (exact) mass is 494 g/mol. The van der Waals surface area contributed by atoms with Crippen molar-refractivity contribution in [1.29, 1.82) is 0 Å². The number of aromatic nitrogens is 6. The predicted octanol–water partition coefficient (Wildman–Crippen LogP) is 4.97. The number of fused-ring (bicyclic) bond motifs is 2. The molecule has 10 nitrogen and oxygen atoms in total. The molecule has 0 unspecified atom stereocenters. The highest BCUT2D eigenvalue weighted by Gasteiger charge is 2.26. The second kappa shape index (κ2) is 8.81. The Morgan fingerprint density at radius 1 is 1.03 bits per heavy atom. The van der Waals surface area contributed by atoms with Gasteiger partial charge in [0.25, 0.3) is 0 Å². The summed E-state index contributed by atoms with van der Waals surface area (Å²) in [6.45, 7) is 8.76. The van der Waals surface area contributed by atoms with Crippen molar-refractivity contribution in [3.05, 3.63) is 72.1 Å². The van der Waals surface area contributed by atoms with E-state index in [9.17, 15) is 0 Å². The molecule has 0 amide bonds. The van der Waals surface area contributed by atoms with Crippen molar-refractivity contribution in [2.24, 2.45) is 4.99 Å². The number of nitrogens with zero attached hydrogens (tertiary/aromatic N) is 7. The summed E-state index contributed by atoms with van der Waals surface area (Å²) in [5, 5.41) is 12.3. The van der Waals surface area contributed by atoms with Gasteiger partial charge in [0.2, 0.25) is 5.88 Å². The lowest BCUT2D eigenvalue weighted by Gasteiger charge is -2.15. The fourth-order valence-electron chi connectivity index (χ4n) is 4.43. The van der Waals surface area contributed by atoms with Crippen LogP contribution in [-0.2, 0) is 11.2 Å². The smallest absolute Gasteiger partial charge is 0.224 e. The van der Waals surface area contributed by atoms with Gasteiger partial charge in [-0.15, -0.1) is 10.2 Å². The van der Waals surface area contributed by atoms with Crippen LogP contribution in [0.4, 0.5) is 11.5 Å². The molecule has 186 valence electrons. The minimum atomic E-state index is -0.174. The van der Waals surface area contributed by atoms with Gasteiger partial charge in [0.05, 0.1) is 11.1 Å². The summed E-state index contributed by atoms with van der Waals surface area (Å²) in [6.07, 6.45) is 5.43. The number of hydrogen-bond donors (Lipinski definition) is 1. The van der Waals surface area contributed by atoms with Gasteiger partial charge in [-0.3, -0.25) is 4.40 Å². The zero-order valence-electron chi connectivity index (χ0n) is 21.1. The van der Waals surface area contributed by atoms with Crippen molar-refractivity contribution >= 4 is 34.0 Å². The molecule has 3 aromatic heterocycles. The lowest BCUT2D eigenvalue weighted by Crippen LogP contribution is -2.17. The highest BCUT2D eigenvalue weighted by Crippen LogP contribution is 2.33. The second-order valence-corrected chi connectivity index (χ2v) is 9.85. The Morgan fingerprint density at radius 2 is 1.86 bits per heavy atom. The lowest BCUT2D eigenvalue weighted by atomic mass is 10.1. The first kappa shape index (κ1) is 22.8. The summed E-state index contributed by atoms with van der Waals surface area (Å²) in [5.74, 6) is 2.70. The van der Waals surface area contributed by atoms with Crippen molar-refractivity contribution in [1.82, 2.24) is 29.5 Å². The Morgan fingerprint density at radius 3 is 2.65 bits per heavy atom. The maximum absolute atomic E-state index is 6.12. The molecule has 0 atom stereocenters. The molecule has 2 aromatic carbocycles. The number of aryl methyl sites for hydroxylation is 2. The van der Waals surface area contributed by atoms with E-state index < -0.39 is 0 Å². The third-order valence-electron chi connectivity index (χ3n) is 6.17. The van der Waals surface area contributed by atoms with Crippen LogP contribution >= 0.6 is 0 Å². The van der Waals surface area contributed by atoms with E-state index in [-0.39, 0.29) is 5.54 Å². The van der Waals surface area contributed by atoms with Gasteiger partial charge in [-0.05, 0) is 68.7 Å². The van der Waals surface area contributed by atoms with Gasteiger partial charge in [-0.25, -0.2) is 19.9 Å². The molecule has 0 aliphatic carbocycles. The van der Waals surface area contributed by atoms with Crippen molar-refractivity contribution in [2.45, 2.75) is 39.7 Å². The maximum Gasteiger partial charge on any atom is 0.224 e. The maximum atomic E-state index is 6.12. The highest BCUT2D eigenvalue weighted by atomic mass is 16.5. The number of ether oxygens (including phenoxy) is 2. The van der Waals surface area contributed by atoms with E-state index >= 15 is 0 Å². The second-order valence-electron chi connectivity index (χ2n) is 9.85. The van der Waals surface area contributed by atoms with Crippen LogP contribution in [0.1, 0.15) is 30.5 Å². The first-order valence-electron chi connectivity index (χ1n) is 12.0. The van der Waals surface area contributed by atoms with Crippen LogP contribution < -0.4 is 10.1 Å². The van der Waals surface area contributed by atoms with Crippen molar-refractivity contribution in [2.75, 3.05) is 11.9 Å². The molecule has 0 spiro atoms. The molecule has 1 aliphatic rings. The van der Waals surface area contributed by atoms with Crippen molar-refractivity contribution in [3.8, 4) is 11.6 Å². The van der Waals surface area contributed by atoms with Crippen LogP contribution in [0.3, 0.4) is 0 Å². The van der Waals surface area contributed by atoms with E-state index in [1.165, 1.54) is 0 Å². The molecule has 0 saturated heterocycles. The zero-order chi connectivity index (χ0) is 25.6. The molecule has 0 radical (unpaired) electrons. The van der Waals surface area contributed by atoms with Crippen LogP contribution in [0.5, 0.6) is 11.6 Å². The summed E-state index contributed by atoms with van der Waals surface area (Å²) >= 11 is 0. The molecular formula is C27H26N8O2. The Hall–Kier alpha value is -4.60. The summed E-state index contributed by atoms with van der Waals surface area (Å²) in [5.41, 5.74) is 5.27. The van der Waals surface area contributed by atoms with E-state index in [0.717, 1.165) is 50.7 Å². The predicted molar refractivity (Wildman–Crippen MR) is 141 cm³/mol. The minimum absolute atomic E-state index is 0.174. The Kier molecular flexibility index (Phi) is 5.44. The Bertz CT molecular complexity index is 1650. The third-order valence-corrected chi connectivity index (χ3v) is 6.17. The standard InChI is InChI=1S/C27H26N8O2/c1-16-7-19(8-17(2)25(16)37-23-11-22-34-31-15-35(22)14-30-23)32-26-20-9-18(5-6-21(20)28-13-29-26)10-24-33-27(3,4)12-36-24/h5-9,11,13-15H,10,12H2,1-4H3,(H,28,29,32). The number of nitrogens with one attached hydrogen (secondary N) is 1. The molecule has 0 fully saturated rings. The Balaban J connectivity index is 1.27. The normalized spacial score (nSPS) is 14.5. The lowest BCUT2D eigenvalue weighted by molar-refractivity contribution is 0.275. The number of benzene rings is 2. The van der Waals surface area contributed by atoms with Gasteiger partial charge in [0, 0.05) is 23.6 Å². The van der Waals surface area contributed by atoms with E-state index in [4.69, 9.17) is 9.47 Å². The fourth-order valence-corrected chi connectivity index (χ4v) is 4.43. The van der Waals surface area contributed by atoms with Crippen LogP contribution in [0.25, 0.3) is 16.6 Å². The van der Waals surface area contributed by atoms with Crippen molar-refractivity contribution < 1.29 is 9.47 Å². The van der Waals surface area contributed by atoms with Crippen LogP contribution in [0, 0.1) is 13.8 Å². The number of anilines is 2. The van der Waals surface area contributed by atoms with E-state index in [0.29, 0.717) is 24.6 Å². The van der Waals surface area contributed by atoms with E-state index in [1.807, 2.05) is 32.0 Å². The summed E-state index contributed by atoms with van der Waals surface area (Å²) in [4.78, 5) is 18.0. The van der Waals surface area contributed by atoms with Gasteiger partial charge < -0.3 is 14.8 Å². The van der Waals surface area contributed by atoms with Gasteiger partial charge in [0.15, 0.2) is 11.5 Å². The zero-order valence-corrected chi connectivity index (χ0v) is 21.1. The van der Waals surface area contributed by atoms with Crippen LogP contribution in [0.15, 0.2) is 60.4 Å². The molecule has 0 bridgehead atoms. The summed E-state index contributed by atoms with van der Waals surface area (Å²) in [6, 6.07) is 12.0. The molecular weight excluding hydrogens is 468 g/mol. The fraction of sp³-hybridized carbons (Fsp3) is 0.259. The van der Waals surface area contributed by atoms with Crippen molar-refractivity contribution in [3.63, 3.8) is 0 Å². The third kappa shape index (κ3) is 4.65. The molecule has 6 rings (SSSR count). The summed E-state index contributed by atoms with van der Waals surface area (Å²) in [7, 11) is 0. The molecule has 4 heterocycles. The minimum Gasteiger partial charge on any atom is -0.478 e. The molecule has 1 aliphatic heterocycles. The SMILES string of the molecule is Cc1cc(Nc2ncnc3ccc(CC4=NC(C)(C)CO4)cc23)cc(C)c1Oc1cc2nncn2cn1. The Labute approximate surface area is 213 Å². The summed E-state index contributed by atoms with van der Waals surface area (Å²) < 4.78 is 13.6. The molecule has 1 N–H and O–H groups in total. The van der Waals surface area contributed by atoms with Gasteiger partial charge >= 0.3 is 0 Å². The quantitative estimate of drug-likeness (QED) is 0.352. The van der Waals surface area contributed by atoms with Gasteiger partial charge in [-0.1, -0.05) is 6.07 Å². The molecule has 0 saturated carbocycles. The number of rotatable bonds is 6. The van der Waals surface area contributed by atoms with E-state index in [2.05, 4.69) is 61.4 Å². The highest BCUT2D eigenvalue weighted by molar-refractivity contribution is 5.92. The van der Waals surface area contributed by atoms with Gasteiger partial charge in [0.1, 0.15) is 37.2 Å². The van der Waals surface area contributed by atoms with E-state index in [1.54, 1.807) is 29.4 Å². The number of aliphatic imine (C=N–C) groups is 1. The van der Waals surface area contributed by atoms with Crippen LogP contribution in [0.2, 0.25) is 0 Å². The first-order valence-corrected chi connectivity index (χ1v) is 12.0. The average molecular weight is 495 g/mol. The molecule has 10 heteroatoms.